The third kappa shape index (κ3) is 1.50. The van der Waals surface area contributed by atoms with Gasteiger partial charge in [-0.2, -0.15) is 4.57 Å². The monoisotopic (exact) mass is 319 g/mol. The fourth-order valence-corrected chi connectivity index (χ4v) is 3.74. The molecule has 0 fully saturated rings. The van der Waals surface area contributed by atoms with Crippen LogP contribution in [0, 0.1) is 6.92 Å². The number of carbonyl (C=O) groups excluding carboxylic acids is 1. The highest BCUT2D eigenvalue weighted by atomic mass is 35.5. The van der Waals surface area contributed by atoms with Crippen molar-refractivity contribution in [3.63, 3.8) is 0 Å². The number of fused-ring (bicyclic) bond motifs is 7. The summed E-state index contributed by atoms with van der Waals surface area (Å²) < 4.78 is 1.91. The Morgan fingerprint density at radius 3 is 2.74 bits per heavy atom. The number of benzene rings is 2. The van der Waals surface area contributed by atoms with Gasteiger partial charge in [0.05, 0.1) is 0 Å². The highest BCUT2D eigenvalue weighted by molar-refractivity contribution is 6.34. The molecular formula is C19H12ClN2O+. The standard InChI is InChI=1S/C19H11ClN2O/c1-10-6-7-13-17(15(10)20)22-9-8-12-11-4-2-3-5-14(11)21-16(12)18(22)19(13)23/h2-9H,1H3/p+1. The molecule has 0 saturated heterocycles. The summed E-state index contributed by atoms with van der Waals surface area (Å²) in [5.41, 5.74) is 4.96. The molecule has 0 bridgehead atoms. The zero-order valence-corrected chi connectivity index (χ0v) is 13.1. The molecule has 4 aromatic rings. The third-order valence-electron chi connectivity index (χ3n) is 4.62. The van der Waals surface area contributed by atoms with E-state index in [4.69, 9.17) is 11.6 Å². The number of aromatic nitrogens is 2. The molecule has 0 unspecified atom stereocenters. The van der Waals surface area contributed by atoms with Crippen LogP contribution in [0.15, 0.2) is 48.7 Å². The molecule has 4 heteroatoms. The lowest BCUT2D eigenvalue weighted by atomic mass is 10.1. The summed E-state index contributed by atoms with van der Waals surface area (Å²) in [5, 5.41) is 2.81. The number of H-pyrrole nitrogens is 1. The minimum Gasteiger partial charge on any atom is -0.349 e. The number of rotatable bonds is 0. The molecule has 0 radical (unpaired) electrons. The van der Waals surface area contributed by atoms with Gasteiger partial charge in [-0.1, -0.05) is 35.9 Å². The van der Waals surface area contributed by atoms with Crippen LogP contribution in [-0.2, 0) is 0 Å². The van der Waals surface area contributed by atoms with Crippen LogP contribution in [0.5, 0.6) is 0 Å². The summed E-state index contributed by atoms with van der Waals surface area (Å²) in [6, 6.07) is 13.9. The maximum Gasteiger partial charge on any atom is 0.284 e. The maximum absolute atomic E-state index is 12.9. The number of hydrogen-bond donors (Lipinski definition) is 1. The van der Waals surface area contributed by atoms with Crippen molar-refractivity contribution in [3.8, 4) is 5.69 Å². The van der Waals surface area contributed by atoms with E-state index in [1.54, 1.807) is 0 Å². The molecular weight excluding hydrogens is 308 g/mol. The van der Waals surface area contributed by atoms with Crippen LogP contribution >= 0.6 is 11.6 Å². The Labute approximate surface area is 137 Å². The molecule has 3 heterocycles. The minimum atomic E-state index is 0.0130. The maximum atomic E-state index is 12.9. The number of ketones is 1. The van der Waals surface area contributed by atoms with Crippen molar-refractivity contribution >= 4 is 39.2 Å². The number of hydrogen-bond acceptors (Lipinski definition) is 1. The Bertz CT molecular complexity index is 1160. The van der Waals surface area contributed by atoms with Crippen molar-refractivity contribution in [2.75, 3.05) is 0 Å². The van der Waals surface area contributed by atoms with Gasteiger partial charge in [0.15, 0.2) is 6.20 Å². The zero-order valence-electron chi connectivity index (χ0n) is 12.4. The second-order valence-corrected chi connectivity index (χ2v) is 6.29. The van der Waals surface area contributed by atoms with Crippen molar-refractivity contribution in [3.05, 3.63) is 70.5 Å². The second kappa shape index (κ2) is 4.21. The molecule has 2 aromatic carbocycles. The van der Waals surface area contributed by atoms with Crippen LogP contribution in [-0.4, -0.2) is 10.8 Å². The number of nitrogens with one attached hydrogen (secondary N) is 1. The summed E-state index contributed by atoms with van der Waals surface area (Å²) in [5.74, 6) is 0.0130. The van der Waals surface area contributed by atoms with Gasteiger partial charge in [0.2, 0.25) is 5.69 Å². The van der Waals surface area contributed by atoms with E-state index in [-0.39, 0.29) is 5.78 Å². The number of nitrogens with zero attached hydrogens (tertiary/aromatic N) is 1. The summed E-state index contributed by atoms with van der Waals surface area (Å²) in [4.78, 5) is 16.3. The number of aromatic amines is 1. The van der Waals surface area contributed by atoms with Crippen LogP contribution in [0.4, 0.5) is 0 Å². The Hall–Kier alpha value is -2.65. The lowest BCUT2D eigenvalue weighted by Crippen LogP contribution is -2.32. The fraction of sp³-hybridized carbons (Fsp3) is 0.0526. The van der Waals surface area contributed by atoms with Crippen molar-refractivity contribution in [1.82, 2.24) is 4.98 Å². The Morgan fingerprint density at radius 2 is 1.87 bits per heavy atom. The zero-order chi connectivity index (χ0) is 15.7. The number of para-hydroxylation sites is 1. The first-order valence-electron chi connectivity index (χ1n) is 7.46. The van der Waals surface area contributed by atoms with Crippen LogP contribution in [0.25, 0.3) is 27.5 Å². The van der Waals surface area contributed by atoms with Crippen molar-refractivity contribution in [1.29, 1.82) is 0 Å². The highest BCUT2D eigenvalue weighted by Crippen LogP contribution is 2.34. The number of aryl methyl sites for hydroxylation is 1. The summed E-state index contributed by atoms with van der Waals surface area (Å²) in [7, 11) is 0. The molecule has 1 aliphatic heterocycles. The summed E-state index contributed by atoms with van der Waals surface area (Å²) in [6.07, 6.45) is 1.94. The summed E-state index contributed by atoms with van der Waals surface area (Å²) >= 11 is 6.48. The number of halogens is 1. The SMILES string of the molecule is Cc1ccc2c(c1Cl)-[n+]1ccc3c([nH]c4ccccc43)c1C2=O. The molecule has 1 N–H and O–H groups in total. The van der Waals surface area contributed by atoms with Gasteiger partial charge in [-0.25, -0.2) is 0 Å². The predicted molar refractivity (Wildman–Crippen MR) is 90.5 cm³/mol. The van der Waals surface area contributed by atoms with E-state index in [0.29, 0.717) is 16.3 Å². The minimum absolute atomic E-state index is 0.0130. The smallest absolute Gasteiger partial charge is 0.284 e. The van der Waals surface area contributed by atoms with Crippen molar-refractivity contribution in [2.45, 2.75) is 6.92 Å². The first-order chi connectivity index (χ1) is 11.2. The van der Waals surface area contributed by atoms with Gasteiger partial charge >= 0.3 is 0 Å². The topological polar surface area (TPSA) is 36.7 Å². The quantitative estimate of drug-likeness (QED) is 0.429. The molecule has 23 heavy (non-hydrogen) atoms. The van der Waals surface area contributed by atoms with E-state index in [1.807, 2.05) is 54.1 Å². The molecule has 1 aliphatic rings. The second-order valence-electron chi connectivity index (χ2n) is 5.92. The molecule has 3 nitrogen and oxygen atoms in total. The van der Waals surface area contributed by atoms with Gasteiger partial charge in [0.1, 0.15) is 16.1 Å². The fourth-order valence-electron chi connectivity index (χ4n) is 3.49. The van der Waals surface area contributed by atoms with Gasteiger partial charge in [0.25, 0.3) is 11.5 Å². The van der Waals surface area contributed by atoms with Gasteiger partial charge in [-0.3, -0.25) is 4.79 Å². The molecule has 5 rings (SSSR count). The van der Waals surface area contributed by atoms with Crippen LogP contribution in [0.1, 0.15) is 21.6 Å². The van der Waals surface area contributed by atoms with Crippen molar-refractivity contribution < 1.29 is 9.36 Å². The van der Waals surface area contributed by atoms with Crippen molar-refractivity contribution in [2.24, 2.45) is 0 Å². The van der Waals surface area contributed by atoms with Crippen LogP contribution < -0.4 is 4.57 Å². The Kier molecular flexibility index (Phi) is 2.35. The first-order valence-corrected chi connectivity index (χ1v) is 7.84. The van der Waals surface area contributed by atoms with E-state index in [2.05, 4.69) is 11.1 Å². The molecule has 0 atom stereocenters. The Balaban J connectivity index is 1.97. The van der Waals surface area contributed by atoms with Gasteiger partial charge in [0, 0.05) is 22.4 Å². The third-order valence-corrected chi connectivity index (χ3v) is 5.10. The summed E-state index contributed by atoms with van der Waals surface area (Å²) in [6.45, 7) is 1.95. The molecule has 0 saturated carbocycles. The lowest BCUT2D eigenvalue weighted by Gasteiger charge is -2.00. The van der Waals surface area contributed by atoms with E-state index in [0.717, 1.165) is 33.1 Å². The van der Waals surface area contributed by atoms with E-state index < -0.39 is 0 Å². The molecule has 0 aliphatic carbocycles. The number of pyridine rings is 1. The highest BCUT2D eigenvalue weighted by Gasteiger charge is 2.40. The normalized spacial score (nSPS) is 12.9. The Morgan fingerprint density at radius 1 is 1.04 bits per heavy atom. The van der Waals surface area contributed by atoms with E-state index >= 15 is 0 Å². The molecule has 2 aromatic heterocycles. The van der Waals surface area contributed by atoms with E-state index in [1.165, 1.54) is 0 Å². The lowest BCUT2D eigenvalue weighted by molar-refractivity contribution is -0.592. The molecule has 110 valence electrons. The molecule has 0 amide bonds. The average molecular weight is 320 g/mol. The van der Waals surface area contributed by atoms with Crippen LogP contribution in [0.3, 0.4) is 0 Å². The average Bonchev–Trinajstić information content (AvgIpc) is 3.07. The van der Waals surface area contributed by atoms with E-state index in [9.17, 15) is 4.79 Å². The van der Waals surface area contributed by atoms with Crippen LogP contribution in [0.2, 0.25) is 5.02 Å². The number of carbonyl (C=O) groups is 1. The van der Waals surface area contributed by atoms with Gasteiger partial charge in [-0.05, 0) is 24.6 Å². The molecule has 0 spiro atoms. The first kappa shape index (κ1) is 12.9. The largest absolute Gasteiger partial charge is 0.349 e. The van der Waals surface area contributed by atoms with Gasteiger partial charge < -0.3 is 4.98 Å². The van der Waals surface area contributed by atoms with Gasteiger partial charge in [-0.15, -0.1) is 0 Å². The predicted octanol–water partition coefficient (Wildman–Crippen LogP) is 4.10.